The van der Waals surface area contributed by atoms with Gasteiger partial charge in [-0.2, -0.15) is 0 Å². The third-order valence-electron chi connectivity index (χ3n) is 5.25. The van der Waals surface area contributed by atoms with Gasteiger partial charge in [0.25, 0.3) is 5.91 Å². The van der Waals surface area contributed by atoms with Crippen molar-refractivity contribution in [2.45, 2.75) is 6.92 Å². The number of hydrogen-bond donors (Lipinski definition) is 2. The summed E-state index contributed by atoms with van der Waals surface area (Å²) in [6.45, 7) is 1.93. The van der Waals surface area contributed by atoms with E-state index in [2.05, 4.69) is 15.6 Å². The van der Waals surface area contributed by atoms with Crippen LogP contribution in [0, 0.1) is 6.92 Å². The maximum Gasteiger partial charge on any atom is 0.257 e. The molecule has 0 fully saturated rings. The minimum absolute atomic E-state index is 0.202. The molecule has 0 saturated carbocycles. The van der Waals surface area contributed by atoms with E-state index in [9.17, 15) is 4.79 Å². The Hall–Kier alpha value is -3.74. The van der Waals surface area contributed by atoms with E-state index in [1.807, 2.05) is 73.7 Å². The molecular weight excluding hydrogens is 454 g/mol. The van der Waals surface area contributed by atoms with Crippen LogP contribution in [0.25, 0.3) is 33.3 Å². The Morgan fingerprint density at radius 3 is 2.61 bits per heavy atom. The molecule has 5 nitrogen and oxygen atoms in total. The lowest BCUT2D eigenvalue weighted by molar-refractivity contribution is 0.0977. The number of nitrogens with zero attached hydrogens (tertiary/aromatic N) is 1. The van der Waals surface area contributed by atoms with E-state index in [0.29, 0.717) is 33.3 Å². The highest BCUT2D eigenvalue weighted by atomic mass is 35.5. The summed E-state index contributed by atoms with van der Waals surface area (Å²) in [7, 11) is 0. The van der Waals surface area contributed by atoms with E-state index in [4.69, 9.17) is 28.2 Å². The largest absolute Gasteiger partial charge is 0.436 e. The van der Waals surface area contributed by atoms with Crippen molar-refractivity contribution in [2.75, 3.05) is 5.32 Å². The molecule has 2 N–H and O–H groups in total. The van der Waals surface area contributed by atoms with E-state index < -0.39 is 0 Å². The number of hydrogen-bond acceptors (Lipinski definition) is 4. The Morgan fingerprint density at radius 1 is 0.970 bits per heavy atom. The lowest BCUT2D eigenvalue weighted by atomic mass is 10.0. The number of rotatable bonds is 3. The zero-order valence-electron chi connectivity index (χ0n) is 17.6. The molecule has 0 saturated heterocycles. The third kappa shape index (κ3) is 4.31. The molecule has 1 amide bonds. The van der Waals surface area contributed by atoms with Crippen LogP contribution in [0.2, 0.25) is 5.02 Å². The number of anilines is 1. The summed E-state index contributed by atoms with van der Waals surface area (Å²) in [5, 5.41) is 8.53. The normalized spacial score (nSPS) is 11.0. The minimum atomic E-state index is -0.268. The van der Waals surface area contributed by atoms with Gasteiger partial charge in [-0.1, -0.05) is 53.6 Å². The molecule has 0 aliphatic heterocycles. The van der Waals surface area contributed by atoms with Crippen LogP contribution < -0.4 is 10.6 Å². The van der Waals surface area contributed by atoms with Crippen molar-refractivity contribution >= 4 is 62.4 Å². The average Bonchev–Trinajstić information content (AvgIpc) is 3.22. The van der Waals surface area contributed by atoms with Crippen molar-refractivity contribution in [1.82, 2.24) is 10.3 Å². The smallest absolute Gasteiger partial charge is 0.257 e. The second kappa shape index (κ2) is 8.65. The summed E-state index contributed by atoms with van der Waals surface area (Å²) in [6.07, 6.45) is 0. The number of thiocarbonyl (C=S) groups is 1. The van der Waals surface area contributed by atoms with E-state index in [-0.39, 0.29) is 11.0 Å². The Bertz CT molecular complexity index is 1540. The maximum absolute atomic E-state index is 12.4. The molecule has 0 unspecified atom stereocenters. The quantitative estimate of drug-likeness (QED) is 0.285. The number of oxazole rings is 1. The third-order valence-corrected chi connectivity index (χ3v) is 5.79. The maximum atomic E-state index is 12.4. The standard InChI is InChI=1S/C26H18ClN3O2S/c1-15-5-2-6-16(13-15)24(31)30-26(33)28-17-11-12-23-22(14-17)29-25(32-23)20-9-3-8-19-18(20)7-4-10-21(19)27/h2-14H,1H3,(H2,28,30,31,33). The van der Waals surface area contributed by atoms with Gasteiger partial charge >= 0.3 is 0 Å². The summed E-state index contributed by atoms with van der Waals surface area (Å²) in [6, 6.07) is 24.4. The van der Waals surface area contributed by atoms with Crippen LogP contribution in [-0.2, 0) is 0 Å². The highest BCUT2D eigenvalue weighted by Crippen LogP contribution is 2.33. The number of carbonyl (C=O) groups is 1. The fourth-order valence-electron chi connectivity index (χ4n) is 3.70. The van der Waals surface area contributed by atoms with Crippen molar-refractivity contribution in [1.29, 1.82) is 0 Å². The van der Waals surface area contributed by atoms with Crippen LogP contribution in [0.4, 0.5) is 5.69 Å². The molecule has 162 valence electrons. The molecule has 0 aliphatic rings. The van der Waals surface area contributed by atoms with Crippen LogP contribution in [0.3, 0.4) is 0 Å². The number of nitrogens with one attached hydrogen (secondary N) is 2. The van der Waals surface area contributed by atoms with Crippen LogP contribution in [0.1, 0.15) is 15.9 Å². The van der Waals surface area contributed by atoms with Crippen molar-refractivity contribution in [3.8, 4) is 11.5 Å². The monoisotopic (exact) mass is 471 g/mol. The molecule has 0 bridgehead atoms. The van der Waals surface area contributed by atoms with Gasteiger partial charge in [0, 0.05) is 27.2 Å². The number of fused-ring (bicyclic) bond motifs is 2. The van der Waals surface area contributed by atoms with Gasteiger partial charge in [-0.3, -0.25) is 10.1 Å². The minimum Gasteiger partial charge on any atom is -0.436 e. The van der Waals surface area contributed by atoms with Gasteiger partial charge in [0.05, 0.1) is 0 Å². The first-order valence-electron chi connectivity index (χ1n) is 10.3. The van der Waals surface area contributed by atoms with Crippen LogP contribution in [0.15, 0.2) is 83.3 Å². The summed E-state index contributed by atoms with van der Waals surface area (Å²) >= 11 is 11.7. The Balaban J connectivity index is 1.38. The summed E-state index contributed by atoms with van der Waals surface area (Å²) < 4.78 is 6.01. The second-order valence-corrected chi connectivity index (χ2v) is 8.44. The molecule has 33 heavy (non-hydrogen) atoms. The number of amides is 1. The Kier molecular flexibility index (Phi) is 5.54. The topological polar surface area (TPSA) is 67.2 Å². The van der Waals surface area contributed by atoms with Gasteiger partial charge < -0.3 is 9.73 Å². The molecule has 5 rings (SSSR count). The zero-order chi connectivity index (χ0) is 22.9. The second-order valence-electron chi connectivity index (χ2n) is 7.62. The van der Waals surface area contributed by atoms with Crippen molar-refractivity contribution in [2.24, 2.45) is 0 Å². The molecule has 1 heterocycles. The van der Waals surface area contributed by atoms with Crippen LogP contribution in [-0.4, -0.2) is 16.0 Å². The fraction of sp³-hybridized carbons (Fsp3) is 0.0385. The van der Waals surface area contributed by atoms with Crippen molar-refractivity contribution < 1.29 is 9.21 Å². The van der Waals surface area contributed by atoms with Gasteiger partial charge in [-0.25, -0.2) is 4.98 Å². The van der Waals surface area contributed by atoms with Crippen LogP contribution in [0.5, 0.6) is 0 Å². The Labute approximate surface area is 200 Å². The first-order chi connectivity index (χ1) is 16.0. The molecule has 0 spiro atoms. The number of halogens is 1. The molecule has 7 heteroatoms. The van der Waals surface area contributed by atoms with E-state index >= 15 is 0 Å². The first-order valence-corrected chi connectivity index (χ1v) is 11.0. The van der Waals surface area contributed by atoms with Crippen LogP contribution >= 0.6 is 23.8 Å². The summed E-state index contributed by atoms with van der Waals surface area (Å²) in [5.41, 5.74) is 4.42. The van der Waals surface area contributed by atoms with Gasteiger partial charge in [-0.15, -0.1) is 0 Å². The SMILES string of the molecule is Cc1cccc(C(=O)NC(=S)Nc2ccc3oc(-c4cccc5c(Cl)cccc45)nc3c2)c1. The fourth-order valence-corrected chi connectivity index (χ4v) is 4.15. The number of carbonyl (C=O) groups excluding carboxylic acids is 1. The summed E-state index contributed by atoms with van der Waals surface area (Å²) in [4.78, 5) is 17.1. The van der Waals surface area contributed by atoms with Gasteiger partial charge in [0.1, 0.15) is 5.52 Å². The Morgan fingerprint density at radius 2 is 1.76 bits per heavy atom. The molecule has 5 aromatic rings. The number of benzene rings is 4. The average molecular weight is 472 g/mol. The van der Waals surface area contributed by atoms with Gasteiger partial charge in [0.15, 0.2) is 10.7 Å². The lowest BCUT2D eigenvalue weighted by Gasteiger charge is -2.09. The zero-order valence-corrected chi connectivity index (χ0v) is 19.1. The lowest BCUT2D eigenvalue weighted by Crippen LogP contribution is -2.34. The van der Waals surface area contributed by atoms with E-state index in [0.717, 1.165) is 21.9 Å². The molecule has 0 aliphatic carbocycles. The van der Waals surface area contributed by atoms with Gasteiger partial charge in [-0.05, 0) is 67.0 Å². The first kappa shape index (κ1) is 21.1. The van der Waals surface area contributed by atoms with E-state index in [1.165, 1.54) is 0 Å². The molecule has 0 atom stereocenters. The summed E-state index contributed by atoms with van der Waals surface area (Å²) in [5.74, 6) is 0.237. The predicted octanol–water partition coefficient (Wildman–Crippen LogP) is 6.74. The number of aryl methyl sites for hydroxylation is 1. The van der Waals surface area contributed by atoms with Crippen molar-refractivity contribution in [3.63, 3.8) is 0 Å². The predicted molar refractivity (Wildman–Crippen MR) is 137 cm³/mol. The van der Waals surface area contributed by atoms with Gasteiger partial charge in [0.2, 0.25) is 5.89 Å². The molecule has 4 aromatic carbocycles. The van der Waals surface area contributed by atoms with Crippen molar-refractivity contribution in [3.05, 3.63) is 95.0 Å². The molecular formula is C26H18ClN3O2S. The highest BCUT2D eigenvalue weighted by Gasteiger charge is 2.14. The molecule has 0 radical (unpaired) electrons. The van der Waals surface area contributed by atoms with E-state index in [1.54, 1.807) is 12.1 Å². The highest BCUT2D eigenvalue weighted by molar-refractivity contribution is 7.80. The molecule has 1 aromatic heterocycles. The number of aromatic nitrogens is 1.